The van der Waals surface area contributed by atoms with Gasteiger partial charge in [-0.1, -0.05) is 12.1 Å². The van der Waals surface area contributed by atoms with Crippen LogP contribution in [0.1, 0.15) is 5.56 Å². The van der Waals surface area contributed by atoms with Crippen LogP contribution in [-0.2, 0) is 10.0 Å². The van der Waals surface area contributed by atoms with E-state index >= 15 is 0 Å². The van der Waals surface area contributed by atoms with E-state index in [0.717, 1.165) is 6.20 Å². The summed E-state index contributed by atoms with van der Waals surface area (Å²) in [4.78, 5) is 3.72. The summed E-state index contributed by atoms with van der Waals surface area (Å²) in [7, 11) is -3.90. The van der Waals surface area contributed by atoms with Crippen molar-refractivity contribution in [1.82, 2.24) is 4.98 Å². The maximum Gasteiger partial charge on any atom is 0.263 e. The van der Waals surface area contributed by atoms with Gasteiger partial charge in [-0.2, -0.15) is 0 Å². The van der Waals surface area contributed by atoms with Crippen molar-refractivity contribution in [3.8, 4) is 0 Å². The summed E-state index contributed by atoms with van der Waals surface area (Å²) in [5.74, 6) is 4.83. The first-order valence-corrected chi connectivity index (χ1v) is 7.13. The molecule has 106 valence electrons. The molecule has 0 atom stereocenters. The van der Waals surface area contributed by atoms with Gasteiger partial charge in [0, 0.05) is 6.20 Å². The van der Waals surface area contributed by atoms with Crippen LogP contribution in [-0.4, -0.2) is 13.4 Å². The highest BCUT2D eigenvalue weighted by molar-refractivity contribution is 7.92. The topological polar surface area (TPSA) is 97.1 Å². The van der Waals surface area contributed by atoms with E-state index in [1.165, 1.54) is 24.3 Å². The largest absolute Gasteiger partial charge is 0.308 e. The molecule has 0 spiro atoms. The van der Waals surface area contributed by atoms with Gasteiger partial charge in [-0.3, -0.25) is 4.72 Å². The number of halogens is 1. The van der Waals surface area contributed by atoms with Crippen LogP contribution in [0.25, 0.3) is 0 Å². The van der Waals surface area contributed by atoms with Gasteiger partial charge in [-0.25, -0.2) is 23.6 Å². The smallest absolute Gasteiger partial charge is 0.263 e. The molecule has 0 aliphatic rings. The lowest BCUT2D eigenvalue weighted by Gasteiger charge is -2.11. The molecule has 1 heterocycles. The number of nitrogens with two attached hydrogens (primary N) is 1. The molecule has 0 amide bonds. The van der Waals surface area contributed by atoms with Crippen molar-refractivity contribution >= 4 is 21.5 Å². The van der Waals surface area contributed by atoms with E-state index < -0.39 is 15.8 Å². The lowest BCUT2D eigenvalue weighted by Crippen LogP contribution is -2.16. The van der Waals surface area contributed by atoms with Crippen molar-refractivity contribution < 1.29 is 12.8 Å². The Balaban J connectivity index is 2.35. The zero-order valence-corrected chi connectivity index (χ0v) is 11.4. The summed E-state index contributed by atoms with van der Waals surface area (Å²) < 4.78 is 40.1. The molecule has 0 saturated heterocycles. The molecule has 20 heavy (non-hydrogen) atoms. The standard InChI is InChI=1S/C12H13FN4O2S/c1-8-3-2-4-10(13)12(8)17-20(18,19)9-5-6-11(16-14)15-7-9/h2-7,17H,14H2,1H3,(H,15,16). The molecular formula is C12H13FN4O2S. The van der Waals surface area contributed by atoms with Crippen molar-refractivity contribution in [3.05, 3.63) is 47.9 Å². The fourth-order valence-electron chi connectivity index (χ4n) is 1.58. The Kier molecular flexibility index (Phi) is 3.86. The Bertz CT molecular complexity index is 696. The molecule has 0 aliphatic heterocycles. The summed E-state index contributed by atoms with van der Waals surface area (Å²) in [5.41, 5.74) is 2.70. The van der Waals surface area contributed by atoms with E-state index in [1.807, 2.05) is 0 Å². The monoisotopic (exact) mass is 296 g/mol. The molecule has 1 aromatic heterocycles. The molecule has 0 saturated carbocycles. The Morgan fingerprint density at radius 1 is 1.25 bits per heavy atom. The molecule has 0 bridgehead atoms. The molecule has 0 unspecified atom stereocenters. The van der Waals surface area contributed by atoms with Gasteiger partial charge in [0.25, 0.3) is 10.0 Å². The average Bonchev–Trinajstić information content (AvgIpc) is 2.43. The van der Waals surface area contributed by atoms with Gasteiger partial charge in [0.15, 0.2) is 0 Å². The lowest BCUT2D eigenvalue weighted by molar-refractivity contribution is 0.598. The van der Waals surface area contributed by atoms with Crippen molar-refractivity contribution in [3.63, 3.8) is 0 Å². The first-order valence-electron chi connectivity index (χ1n) is 5.64. The SMILES string of the molecule is Cc1cccc(F)c1NS(=O)(=O)c1ccc(NN)nc1. The second-order valence-corrected chi connectivity index (χ2v) is 5.74. The molecule has 4 N–H and O–H groups in total. The zero-order valence-electron chi connectivity index (χ0n) is 10.6. The highest BCUT2D eigenvalue weighted by Gasteiger charge is 2.18. The lowest BCUT2D eigenvalue weighted by atomic mass is 10.2. The van der Waals surface area contributed by atoms with Crippen molar-refractivity contribution in [2.24, 2.45) is 5.84 Å². The molecular weight excluding hydrogens is 283 g/mol. The molecule has 2 rings (SSSR count). The van der Waals surface area contributed by atoms with E-state index in [9.17, 15) is 12.8 Å². The van der Waals surface area contributed by atoms with Gasteiger partial charge in [-0.05, 0) is 30.7 Å². The number of hydrogen-bond donors (Lipinski definition) is 3. The van der Waals surface area contributed by atoms with Crippen LogP contribution in [0.15, 0.2) is 41.4 Å². The molecule has 2 aromatic rings. The van der Waals surface area contributed by atoms with Gasteiger partial charge in [0.2, 0.25) is 0 Å². The van der Waals surface area contributed by atoms with Crippen LogP contribution in [0, 0.1) is 12.7 Å². The second kappa shape index (κ2) is 5.43. The maximum atomic E-state index is 13.6. The number of rotatable bonds is 4. The number of benzene rings is 1. The second-order valence-electron chi connectivity index (χ2n) is 4.06. The zero-order chi connectivity index (χ0) is 14.8. The van der Waals surface area contributed by atoms with E-state index in [4.69, 9.17) is 5.84 Å². The number of anilines is 2. The molecule has 8 heteroatoms. The Hall–Kier alpha value is -2.19. The summed E-state index contributed by atoms with van der Waals surface area (Å²) in [5, 5.41) is 0. The van der Waals surface area contributed by atoms with Crippen LogP contribution in [0.2, 0.25) is 0 Å². The summed E-state index contributed by atoms with van der Waals surface area (Å²) in [6.07, 6.45) is 1.13. The Labute approximate surface area is 115 Å². The first-order chi connectivity index (χ1) is 9.44. The van der Waals surface area contributed by atoms with Crippen molar-refractivity contribution in [2.45, 2.75) is 11.8 Å². The first kappa shape index (κ1) is 14.2. The quantitative estimate of drug-likeness (QED) is 0.588. The minimum Gasteiger partial charge on any atom is -0.308 e. The normalized spacial score (nSPS) is 11.2. The van der Waals surface area contributed by atoms with Crippen LogP contribution in [0.4, 0.5) is 15.9 Å². The van der Waals surface area contributed by atoms with E-state index in [2.05, 4.69) is 15.1 Å². The Morgan fingerprint density at radius 3 is 2.55 bits per heavy atom. The third-order valence-corrected chi connectivity index (χ3v) is 3.99. The van der Waals surface area contributed by atoms with Gasteiger partial charge >= 0.3 is 0 Å². The minimum atomic E-state index is -3.90. The number of nitrogens with one attached hydrogen (secondary N) is 2. The number of nitrogen functional groups attached to an aromatic ring is 1. The minimum absolute atomic E-state index is 0.0754. The van der Waals surface area contributed by atoms with Gasteiger partial charge in [0.05, 0.1) is 5.69 Å². The number of hydrogen-bond acceptors (Lipinski definition) is 5. The molecule has 1 aromatic carbocycles. The molecule has 0 aliphatic carbocycles. The van der Waals surface area contributed by atoms with Crippen LogP contribution >= 0.6 is 0 Å². The highest BCUT2D eigenvalue weighted by atomic mass is 32.2. The van der Waals surface area contributed by atoms with Crippen molar-refractivity contribution in [1.29, 1.82) is 0 Å². The average molecular weight is 296 g/mol. The summed E-state index contributed by atoms with van der Waals surface area (Å²) in [6, 6.07) is 7.03. The highest BCUT2D eigenvalue weighted by Crippen LogP contribution is 2.22. The van der Waals surface area contributed by atoms with Crippen molar-refractivity contribution in [2.75, 3.05) is 10.1 Å². The Morgan fingerprint density at radius 2 is 2.00 bits per heavy atom. The molecule has 0 radical (unpaired) electrons. The third-order valence-electron chi connectivity index (χ3n) is 2.65. The van der Waals surface area contributed by atoms with E-state index in [-0.39, 0.29) is 10.6 Å². The van der Waals surface area contributed by atoms with Gasteiger partial charge in [-0.15, -0.1) is 0 Å². The van der Waals surface area contributed by atoms with Gasteiger partial charge in [0.1, 0.15) is 16.5 Å². The summed E-state index contributed by atoms with van der Waals surface area (Å²) >= 11 is 0. The number of hydrazine groups is 1. The summed E-state index contributed by atoms with van der Waals surface area (Å²) in [6.45, 7) is 1.61. The number of aryl methyl sites for hydroxylation is 1. The third kappa shape index (κ3) is 2.86. The van der Waals surface area contributed by atoms with Crippen LogP contribution < -0.4 is 16.0 Å². The number of nitrogens with zero attached hydrogens (tertiary/aromatic N) is 1. The number of para-hydroxylation sites is 1. The van der Waals surface area contributed by atoms with Crippen LogP contribution in [0.3, 0.4) is 0 Å². The van der Waals surface area contributed by atoms with Crippen LogP contribution in [0.5, 0.6) is 0 Å². The van der Waals surface area contributed by atoms with Gasteiger partial charge < -0.3 is 5.43 Å². The number of sulfonamides is 1. The predicted octanol–water partition coefficient (Wildman–Crippen LogP) is 1.62. The van der Waals surface area contributed by atoms with E-state index in [1.54, 1.807) is 13.0 Å². The number of aromatic nitrogens is 1. The fourth-order valence-corrected chi connectivity index (χ4v) is 2.66. The predicted molar refractivity (Wildman–Crippen MR) is 74.0 cm³/mol. The maximum absolute atomic E-state index is 13.6. The molecule has 0 fully saturated rings. The fraction of sp³-hybridized carbons (Fsp3) is 0.0833. The number of pyridine rings is 1. The molecule has 6 nitrogen and oxygen atoms in total. The van der Waals surface area contributed by atoms with E-state index in [0.29, 0.717) is 11.4 Å².